The molecule has 7 heteroatoms. The van der Waals surface area contributed by atoms with Crippen molar-refractivity contribution in [1.82, 2.24) is 5.32 Å². The number of nitrogens with one attached hydrogen (secondary N) is 2. The van der Waals surface area contributed by atoms with Crippen molar-refractivity contribution in [3.05, 3.63) is 59.9 Å². The third-order valence-corrected chi connectivity index (χ3v) is 3.84. The molecule has 0 aromatic heterocycles. The molecule has 142 valence electrons. The van der Waals surface area contributed by atoms with Gasteiger partial charge in [0.1, 0.15) is 5.82 Å². The summed E-state index contributed by atoms with van der Waals surface area (Å²) in [6.07, 6.45) is 0.133. The van der Waals surface area contributed by atoms with Gasteiger partial charge in [-0.1, -0.05) is 12.1 Å². The zero-order chi connectivity index (χ0) is 19.8. The van der Waals surface area contributed by atoms with Crippen LogP contribution in [-0.2, 0) is 20.9 Å². The molecular weight excluding hydrogens is 349 g/mol. The van der Waals surface area contributed by atoms with Gasteiger partial charge in [0.05, 0.1) is 0 Å². The maximum atomic E-state index is 12.9. The Morgan fingerprint density at radius 3 is 2.15 bits per heavy atom. The first-order valence-electron chi connectivity index (χ1n) is 8.52. The molecule has 2 N–H and O–H groups in total. The second-order valence-electron chi connectivity index (χ2n) is 6.05. The van der Waals surface area contributed by atoms with Gasteiger partial charge in [-0.2, -0.15) is 0 Å². The Kier molecular flexibility index (Phi) is 7.05. The SMILES string of the molecule is CC(=O)Nc1ccc(N(CCC(=O)NCc2ccc(F)cc2)C(C)=O)cc1. The van der Waals surface area contributed by atoms with Crippen LogP contribution in [0.15, 0.2) is 48.5 Å². The van der Waals surface area contributed by atoms with Gasteiger partial charge in [-0.15, -0.1) is 0 Å². The highest BCUT2D eigenvalue weighted by atomic mass is 19.1. The van der Waals surface area contributed by atoms with Crippen LogP contribution >= 0.6 is 0 Å². The molecule has 0 radical (unpaired) electrons. The van der Waals surface area contributed by atoms with E-state index in [1.54, 1.807) is 36.4 Å². The summed E-state index contributed by atoms with van der Waals surface area (Å²) in [5.41, 5.74) is 2.07. The minimum absolute atomic E-state index is 0.133. The second kappa shape index (κ2) is 9.47. The molecule has 0 unspecified atom stereocenters. The maximum absolute atomic E-state index is 12.9. The van der Waals surface area contributed by atoms with Crippen LogP contribution in [0, 0.1) is 5.82 Å². The van der Waals surface area contributed by atoms with Crippen LogP contribution < -0.4 is 15.5 Å². The van der Waals surface area contributed by atoms with E-state index in [1.807, 2.05) is 0 Å². The molecule has 2 rings (SSSR count). The van der Waals surface area contributed by atoms with E-state index in [0.717, 1.165) is 5.56 Å². The summed E-state index contributed by atoms with van der Waals surface area (Å²) in [5.74, 6) is -0.898. The molecule has 0 fully saturated rings. The highest BCUT2D eigenvalue weighted by Gasteiger charge is 2.13. The molecular formula is C20H22FN3O3. The van der Waals surface area contributed by atoms with Crippen molar-refractivity contribution >= 4 is 29.1 Å². The number of halogens is 1. The van der Waals surface area contributed by atoms with Gasteiger partial charge in [0.25, 0.3) is 0 Å². The van der Waals surface area contributed by atoms with Crippen LogP contribution in [0.5, 0.6) is 0 Å². The Hall–Kier alpha value is -3.22. The van der Waals surface area contributed by atoms with Gasteiger partial charge >= 0.3 is 0 Å². The van der Waals surface area contributed by atoms with Crippen LogP contribution in [-0.4, -0.2) is 24.3 Å². The summed E-state index contributed by atoms with van der Waals surface area (Å²) >= 11 is 0. The fraction of sp³-hybridized carbons (Fsp3) is 0.250. The minimum atomic E-state index is -0.327. The summed E-state index contributed by atoms with van der Waals surface area (Å²) in [7, 11) is 0. The molecule has 0 atom stereocenters. The first-order valence-corrected chi connectivity index (χ1v) is 8.52. The highest BCUT2D eigenvalue weighted by molar-refractivity contribution is 5.93. The van der Waals surface area contributed by atoms with Crippen molar-refractivity contribution < 1.29 is 18.8 Å². The average molecular weight is 371 g/mol. The van der Waals surface area contributed by atoms with Gasteiger partial charge in [0.2, 0.25) is 17.7 Å². The summed E-state index contributed by atoms with van der Waals surface area (Å²) < 4.78 is 12.9. The van der Waals surface area contributed by atoms with E-state index < -0.39 is 0 Å². The van der Waals surface area contributed by atoms with E-state index in [9.17, 15) is 18.8 Å². The zero-order valence-electron chi connectivity index (χ0n) is 15.3. The molecule has 0 aliphatic heterocycles. The number of carbonyl (C=O) groups is 3. The third-order valence-electron chi connectivity index (χ3n) is 3.84. The number of rotatable bonds is 7. The van der Waals surface area contributed by atoms with Crippen molar-refractivity contribution in [2.24, 2.45) is 0 Å². The number of carbonyl (C=O) groups excluding carboxylic acids is 3. The molecule has 27 heavy (non-hydrogen) atoms. The minimum Gasteiger partial charge on any atom is -0.352 e. The van der Waals surface area contributed by atoms with E-state index >= 15 is 0 Å². The zero-order valence-corrected chi connectivity index (χ0v) is 15.3. The fourth-order valence-corrected chi connectivity index (χ4v) is 2.50. The number of hydrogen-bond donors (Lipinski definition) is 2. The molecule has 2 aromatic carbocycles. The molecule has 2 aromatic rings. The quantitative estimate of drug-likeness (QED) is 0.786. The molecule has 0 aliphatic carbocycles. The first kappa shape index (κ1) is 20.1. The van der Waals surface area contributed by atoms with Gasteiger partial charge in [0, 0.05) is 44.7 Å². The second-order valence-corrected chi connectivity index (χ2v) is 6.05. The number of anilines is 2. The van der Waals surface area contributed by atoms with Gasteiger partial charge < -0.3 is 15.5 Å². The monoisotopic (exact) mass is 371 g/mol. The van der Waals surface area contributed by atoms with E-state index in [4.69, 9.17) is 0 Å². The van der Waals surface area contributed by atoms with E-state index in [1.165, 1.54) is 30.9 Å². The Balaban J connectivity index is 1.89. The van der Waals surface area contributed by atoms with Crippen LogP contribution in [0.2, 0.25) is 0 Å². The standard InChI is InChI=1S/C20H22FN3O3/c1-14(25)23-18-7-9-19(10-8-18)24(15(2)26)12-11-20(27)22-13-16-3-5-17(21)6-4-16/h3-10H,11-13H2,1-2H3,(H,22,27)(H,23,25). The van der Waals surface area contributed by atoms with Crippen LogP contribution in [0.1, 0.15) is 25.8 Å². The first-order chi connectivity index (χ1) is 12.8. The molecule has 0 bridgehead atoms. The highest BCUT2D eigenvalue weighted by Crippen LogP contribution is 2.18. The van der Waals surface area contributed by atoms with Gasteiger partial charge in [-0.3, -0.25) is 14.4 Å². The lowest BCUT2D eigenvalue weighted by Gasteiger charge is -2.21. The van der Waals surface area contributed by atoms with Crippen molar-refractivity contribution in [3.63, 3.8) is 0 Å². The van der Waals surface area contributed by atoms with Crippen molar-refractivity contribution in [2.45, 2.75) is 26.8 Å². The van der Waals surface area contributed by atoms with Crippen molar-refractivity contribution in [2.75, 3.05) is 16.8 Å². The molecule has 3 amide bonds. The van der Waals surface area contributed by atoms with E-state index in [-0.39, 0.29) is 36.5 Å². The van der Waals surface area contributed by atoms with Crippen LogP contribution in [0.25, 0.3) is 0 Å². The normalized spacial score (nSPS) is 10.2. The van der Waals surface area contributed by atoms with Crippen molar-refractivity contribution in [1.29, 1.82) is 0 Å². The topological polar surface area (TPSA) is 78.5 Å². The van der Waals surface area contributed by atoms with Crippen LogP contribution in [0.3, 0.4) is 0 Å². The smallest absolute Gasteiger partial charge is 0.223 e. The largest absolute Gasteiger partial charge is 0.352 e. The summed E-state index contributed by atoms with van der Waals surface area (Å²) in [5, 5.41) is 5.40. The predicted octanol–water partition coefficient (Wildman–Crippen LogP) is 2.84. The van der Waals surface area contributed by atoms with E-state index in [2.05, 4.69) is 10.6 Å². The molecule has 0 saturated carbocycles. The molecule has 0 saturated heterocycles. The van der Waals surface area contributed by atoms with Crippen LogP contribution in [0.4, 0.5) is 15.8 Å². The molecule has 0 aliphatic rings. The Morgan fingerprint density at radius 1 is 0.963 bits per heavy atom. The molecule has 0 heterocycles. The Bertz CT molecular complexity index is 804. The van der Waals surface area contributed by atoms with Gasteiger partial charge in [-0.25, -0.2) is 4.39 Å². The lowest BCUT2D eigenvalue weighted by atomic mass is 10.2. The lowest BCUT2D eigenvalue weighted by Crippen LogP contribution is -2.33. The molecule has 6 nitrogen and oxygen atoms in total. The van der Waals surface area contributed by atoms with E-state index in [0.29, 0.717) is 17.9 Å². The number of hydrogen-bond acceptors (Lipinski definition) is 3. The summed E-state index contributed by atoms with van der Waals surface area (Å²) in [4.78, 5) is 36.5. The lowest BCUT2D eigenvalue weighted by molar-refractivity contribution is -0.121. The number of amides is 3. The summed E-state index contributed by atoms with van der Waals surface area (Å²) in [6.45, 7) is 3.37. The molecule has 0 spiro atoms. The maximum Gasteiger partial charge on any atom is 0.223 e. The fourth-order valence-electron chi connectivity index (χ4n) is 2.50. The summed E-state index contributed by atoms with van der Waals surface area (Å²) in [6, 6.07) is 12.7. The van der Waals surface area contributed by atoms with Crippen molar-refractivity contribution in [3.8, 4) is 0 Å². The van der Waals surface area contributed by atoms with Gasteiger partial charge in [0.15, 0.2) is 0 Å². The predicted molar refractivity (Wildman–Crippen MR) is 102 cm³/mol. The van der Waals surface area contributed by atoms with Gasteiger partial charge in [-0.05, 0) is 42.0 Å². The average Bonchev–Trinajstić information content (AvgIpc) is 2.62. The Labute approximate surface area is 157 Å². The Morgan fingerprint density at radius 2 is 1.59 bits per heavy atom. The third kappa shape index (κ3) is 6.54. The number of benzene rings is 2. The number of nitrogens with zero attached hydrogens (tertiary/aromatic N) is 1.